The lowest BCUT2D eigenvalue weighted by Crippen LogP contribution is -2.03. The van der Waals surface area contributed by atoms with Crippen molar-refractivity contribution in [3.63, 3.8) is 0 Å². The fourth-order valence-corrected chi connectivity index (χ4v) is 1.91. The average Bonchev–Trinajstić information content (AvgIpc) is 2.43. The first kappa shape index (κ1) is 12.7. The molecule has 0 radical (unpaired) electrons. The summed E-state index contributed by atoms with van der Waals surface area (Å²) in [5.74, 6) is 0. The third-order valence-electron chi connectivity index (χ3n) is 2.82. The lowest BCUT2D eigenvalue weighted by Gasteiger charge is -2.10. The van der Waals surface area contributed by atoms with Crippen LogP contribution in [-0.4, -0.2) is 6.54 Å². The van der Waals surface area contributed by atoms with Gasteiger partial charge in [0.15, 0.2) is 0 Å². The van der Waals surface area contributed by atoms with Gasteiger partial charge >= 0.3 is 0 Å². The van der Waals surface area contributed by atoms with Crippen molar-refractivity contribution in [3.8, 4) is 0 Å². The van der Waals surface area contributed by atoms with Gasteiger partial charge < -0.3 is 5.32 Å². The molecule has 0 saturated carbocycles. The number of rotatable bonds is 4. The van der Waals surface area contributed by atoms with E-state index in [1.807, 2.05) is 30.3 Å². The number of allylic oxidation sites excluding steroid dienone is 1. The van der Waals surface area contributed by atoms with Gasteiger partial charge in [0, 0.05) is 17.3 Å². The molecule has 0 aliphatic carbocycles. The van der Waals surface area contributed by atoms with Gasteiger partial charge in [0.25, 0.3) is 0 Å². The Balaban J connectivity index is 2.03. The summed E-state index contributed by atoms with van der Waals surface area (Å²) >= 11 is 5.86. The van der Waals surface area contributed by atoms with E-state index in [1.54, 1.807) is 0 Å². The fraction of sp³-hybridized carbons (Fsp3) is 0.125. The monoisotopic (exact) mass is 257 g/mol. The molecule has 2 aromatic carbocycles. The summed E-state index contributed by atoms with van der Waals surface area (Å²) in [5, 5.41) is 4.15. The van der Waals surface area contributed by atoms with Gasteiger partial charge in [-0.2, -0.15) is 0 Å². The molecule has 2 heteroatoms. The molecule has 0 aromatic heterocycles. The van der Waals surface area contributed by atoms with E-state index in [9.17, 15) is 0 Å². The summed E-state index contributed by atoms with van der Waals surface area (Å²) in [6.45, 7) is 2.87. The molecule has 0 amide bonds. The Morgan fingerprint density at radius 3 is 2.33 bits per heavy atom. The first-order chi connectivity index (χ1) is 8.79. The lowest BCUT2D eigenvalue weighted by atomic mass is 10.1. The minimum absolute atomic E-state index is 0.759. The molecule has 0 fully saturated rings. The minimum atomic E-state index is 0.759. The van der Waals surface area contributed by atoms with Gasteiger partial charge in [-0.15, -0.1) is 0 Å². The highest BCUT2D eigenvalue weighted by Gasteiger charge is 1.99. The highest BCUT2D eigenvalue weighted by Crippen LogP contribution is 2.17. The first-order valence-electron chi connectivity index (χ1n) is 5.99. The molecule has 1 N–H and O–H groups in total. The lowest BCUT2D eigenvalue weighted by molar-refractivity contribution is 1.33. The molecular formula is C16H16ClN. The third-order valence-corrected chi connectivity index (χ3v) is 3.07. The van der Waals surface area contributed by atoms with Crippen LogP contribution in [0.2, 0.25) is 5.02 Å². The quantitative estimate of drug-likeness (QED) is 0.825. The summed E-state index contributed by atoms with van der Waals surface area (Å²) in [6, 6.07) is 18.1. The zero-order valence-electron chi connectivity index (χ0n) is 10.4. The highest BCUT2D eigenvalue weighted by molar-refractivity contribution is 6.30. The fourth-order valence-electron chi connectivity index (χ4n) is 1.79. The number of anilines is 1. The van der Waals surface area contributed by atoms with E-state index in [2.05, 4.69) is 42.6 Å². The Hall–Kier alpha value is -1.73. The molecule has 0 bridgehead atoms. The summed E-state index contributed by atoms with van der Waals surface area (Å²) in [4.78, 5) is 0. The topological polar surface area (TPSA) is 12.0 Å². The van der Waals surface area contributed by atoms with Crippen LogP contribution in [0.25, 0.3) is 5.57 Å². The minimum Gasteiger partial charge on any atom is -0.381 e. The van der Waals surface area contributed by atoms with E-state index >= 15 is 0 Å². The molecule has 0 aliphatic heterocycles. The zero-order valence-corrected chi connectivity index (χ0v) is 11.1. The Morgan fingerprint density at radius 2 is 1.72 bits per heavy atom. The van der Waals surface area contributed by atoms with Crippen LogP contribution in [0.5, 0.6) is 0 Å². The normalized spacial score (nSPS) is 11.3. The van der Waals surface area contributed by atoms with E-state index in [0.717, 1.165) is 17.3 Å². The van der Waals surface area contributed by atoms with Gasteiger partial charge in [0.1, 0.15) is 0 Å². The van der Waals surface area contributed by atoms with Crippen LogP contribution in [0.1, 0.15) is 12.5 Å². The summed E-state index contributed by atoms with van der Waals surface area (Å²) in [5.41, 5.74) is 3.61. The van der Waals surface area contributed by atoms with Crippen LogP contribution in [0.3, 0.4) is 0 Å². The molecule has 0 heterocycles. The number of hydrogen-bond acceptors (Lipinski definition) is 1. The standard InChI is InChI=1S/C16H16ClN/c1-2-13(14-6-4-3-5-7-14)12-18-16-10-8-15(17)9-11-16/h2-11,18H,12H2,1H3. The van der Waals surface area contributed by atoms with Gasteiger partial charge in [-0.1, -0.05) is 48.0 Å². The van der Waals surface area contributed by atoms with Crippen molar-refractivity contribution in [2.24, 2.45) is 0 Å². The van der Waals surface area contributed by atoms with Crippen molar-refractivity contribution in [1.82, 2.24) is 0 Å². The van der Waals surface area contributed by atoms with Crippen LogP contribution in [0, 0.1) is 0 Å². The van der Waals surface area contributed by atoms with Crippen LogP contribution in [-0.2, 0) is 0 Å². The third kappa shape index (κ3) is 3.38. The van der Waals surface area contributed by atoms with Crippen molar-refractivity contribution in [3.05, 3.63) is 71.3 Å². The second-order valence-corrected chi connectivity index (χ2v) is 4.48. The Bertz CT molecular complexity index is 515. The van der Waals surface area contributed by atoms with Crippen molar-refractivity contribution < 1.29 is 0 Å². The largest absolute Gasteiger partial charge is 0.381 e. The summed E-state index contributed by atoms with van der Waals surface area (Å²) < 4.78 is 0. The van der Waals surface area contributed by atoms with Crippen molar-refractivity contribution in [2.45, 2.75) is 6.92 Å². The molecule has 0 saturated heterocycles. The zero-order chi connectivity index (χ0) is 12.8. The van der Waals surface area contributed by atoms with Crippen LogP contribution >= 0.6 is 11.6 Å². The van der Waals surface area contributed by atoms with Gasteiger partial charge in [0.2, 0.25) is 0 Å². The smallest absolute Gasteiger partial charge is 0.0407 e. The molecule has 0 unspecified atom stereocenters. The molecule has 1 nitrogen and oxygen atoms in total. The molecule has 0 aliphatic rings. The predicted octanol–water partition coefficient (Wildman–Crippen LogP) is 4.86. The van der Waals surface area contributed by atoms with E-state index in [0.29, 0.717) is 0 Å². The van der Waals surface area contributed by atoms with Crippen molar-refractivity contribution >= 4 is 22.9 Å². The molecule has 92 valence electrons. The Labute approximate surface area is 113 Å². The van der Waals surface area contributed by atoms with Crippen molar-refractivity contribution in [2.75, 3.05) is 11.9 Å². The molecule has 0 atom stereocenters. The maximum Gasteiger partial charge on any atom is 0.0407 e. The average molecular weight is 258 g/mol. The Morgan fingerprint density at radius 1 is 1.06 bits per heavy atom. The second kappa shape index (κ2) is 6.27. The number of benzene rings is 2. The van der Waals surface area contributed by atoms with Gasteiger partial charge in [-0.3, -0.25) is 0 Å². The van der Waals surface area contributed by atoms with E-state index in [-0.39, 0.29) is 0 Å². The summed E-state index contributed by atoms with van der Waals surface area (Å²) in [6.07, 6.45) is 2.14. The van der Waals surface area contributed by atoms with Crippen molar-refractivity contribution in [1.29, 1.82) is 0 Å². The number of nitrogens with one attached hydrogen (secondary N) is 1. The van der Waals surface area contributed by atoms with Gasteiger partial charge in [-0.05, 0) is 42.3 Å². The first-order valence-corrected chi connectivity index (χ1v) is 6.37. The van der Waals surface area contributed by atoms with E-state index in [1.165, 1.54) is 11.1 Å². The van der Waals surface area contributed by atoms with Crippen LogP contribution in [0.4, 0.5) is 5.69 Å². The molecule has 0 spiro atoms. The molecular weight excluding hydrogens is 242 g/mol. The predicted molar refractivity (Wildman–Crippen MR) is 80.0 cm³/mol. The van der Waals surface area contributed by atoms with Gasteiger partial charge in [0.05, 0.1) is 0 Å². The Kier molecular flexibility index (Phi) is 4.43. The molecule has 18 heavy (non-hydrogen) atoms. The summed E-state index contributed by atoms with van der Waals surface area (Å²) in [7, 11) is 0. The maximum absolute atomic E-state index is 5.86. The number of halogens is 1. The maximum atomic E-state index is 5.86. The SMILES string of the molecule is CC=C(CNc1ccc(Cl)cc1)c1ccccc1. The number of hydrogen-bond donors (Lipinski definition) is 1. The van der Waals surface area contributed by atoms with Crippen LogP contribution < -0.4 is 5.32 Å². The molecule has 2 aromatic rings. The van der Waals surface area contributed by atoms with Crippen LogP contribution in [0.15, 0.2) is 60.7 Å². The highest BCUT2D eigenvalue weighted by atomic mass is 35.5. The second-order valence-electron chi connectivity index (χ2n) is 4.04. The molecule has 2 rings (SSSR count). The van der Waals surface area contributed by atoms with E-state index in [4.69, 9.17) is 11.6 Å². The van der Waals surface area contributed by atoms with Gasteiger partial charge in [-0.25, -0.2) is 0 Å². The van der Waals surface area contributed by atoms with E-state index < -0.39 is 0 Å².